The molecule has 0 aliphatic carbocycles. The topological polar surface area (TPSA) is 103 Å². The summed E-state index contributed by atoms with van der Waals surface area (Å²) in [6, 6.07) is 9.04. The number of nitrogens with zero attached hydrogens (tertiary/aromatic N) is 4. The first-order valence-electron chi connectivity index (χ1n) is 9.44. The molecule has 2 aromatic heterocycles. The second kappa shape index (κ2) is 7.19. The highest BCUT2D eigenvalue weighted by molar-refractivity contribution is 6.04. The molecule has 0 radical (unpaired) electrons. The largest absolute Gasteiger partial charge is 0.481 e. The summed E-state index contributed by atoms with van der Waals surface area (Å²) in [6.07, 6.45) is 2.29. The number of rotatable bonds is 3. The van der Waals surface area contributed by atoms with Crippen LogP contribution in [0.1, 0.15) is 29.4 Å². The SMILES string of the molecule is COc1cc2c(C(N)=O)nn(-c3cccc(C#C[C@]4(C)CCN(C)C4=O)c3)c2cn1. The number of benzene rings is 1. The van der Waals surface area contributed by atoms with Gasteiger partial charge in [0.1, 0.15) is 5.41 Å². The Bertz CT molecular complexity index is 1240. The molecule has 8 nitrogen and oxygen atoms in total. The zero-order chi connectivity index (χ0) is 21.5. The molecule has 30 heavy (non-hydrogen) atoms. The summed E-state index contributed by atoms with van der Waals surface area (Å²) in [6.45, 7) is 2.57. The van der Waals surface area contributed by atoms with Crippen LogP contribution in [-0.4, -0.2) is 52.2 Å². The highest BCUT2D eigenvalue weighted by Gasteiger charge is 2.39. The van der Waals surface area contributed by atoms with Crippen molar-refractivity contribution in [2.24, 2.45) is 11.1 Å². The minimum atomic E-state index is -0.678. The van der Waals surface area contributed by atoms with Crippen LogP contribution in [0.2, 0.25) is 0 Å². The fourth-order valence-electron chi connectivity index (χ4n) is 3.55. The predicted octanol–water partition coefficient (Wildman–Crippen LogP) is 1.75. The van der Waals surface area contributed by atoms with E-state index in [-0.39, 0.29) is 11.6 Å². The van der Waals surface area contributed by atoms with Gasteiger partial charge in [0.2, 0.25) is 11.8 Å². The van der Waals surface area contributed by atoms with E-state index in [4.69, 9.17) is 10.5 Å². The van der Waals surface area contributed by atoms with E-state index < -0.39 is 11.3 Å². The van der Waals surface area contributed by atoms with E-state index in [1.807, 2.05) is 31.2 Å². The highest BCUT2D eigenvalue weighted by atomic mass is 16.5. The van der Waals surface area contributed by atoms with Gasteiger partial charge in [0.05, 0.1) is 24.5 Å². The Morgan fingerprint density at radius 1 is 1.33 bits per heavy atom. The van der Waals surface area contributed by atoms with Gasteiger partial charge in [0.15, 0.2) is 5.69 Å². The summed E-state index contributed by atoms with van der Waals surface area (Å²) in [5, 5.41) is 4.94. The van der Waals surface area contributed by atoms with Gasteiger partial charge in [-0.15, -0.1) is 0 Å². The first-order chi connectivity index (χ1) is 14.3. The number of methoxy groups -OCH3 is 1. The summed E-state index contributed by atoms with van der Waals surface area (Å²) in [4.78, 5) is 30.2. The molecular weight excluding hydrogens is 382 g/mol. The Labute approximate surface area is 173 Å². The van der Waals surface area contributed by atoms with Crippen molar-refractivity contribution in [2.75, 3.05) is 20.7 Å². The average Bonchev–Trinajstić information content (AvgIpc) is 3.26. The number of ether oxygens (including phenoxy) is 1. The van der Waals surface area contributed by atoms with Crippen molar-refractivity contribution >= 4 is 22.7 Å². The molecular formula is C22H21N5O3. The van der Waals surface area contributed by atoms with E-state index in [9.17, 15) is 9.59 Å². The number of pyridine rings is 1. The van der Waals surface area contributed by atoms with Gasteiger partial charge in [-0.2, -0.15) is 5.10 Å². The van der Waals surface area contributed by atoms with E-state index in [1.165, 1.54) is 7.11 Å². The Kier molecular flexibility index (Phi) is 4.66. The van der Waals surface area contributed by atoms with Crippen molar-refractivity contribution in [2.45, 2.75) is 13.3 Å². The average molecular weight is 403 g/mol. The van der Waals surface area contributed by atoms with Crippen LogP contribution in [0.15, 0.2) is 36.5 Å². The number of nitrogens with two attached hydrogens (primary N) is 1. The maximum atomic E-state index is 12.4. The number of hydrogen-bond acceptors (Lipinski definition) is 5. The second-order valence-corrected chi connectivity index (χ2v) is 7.48. The lowest BCUT2D eigenvalue weighted by Crippen LogP contribution is -2.28. The van der Waals surface area contributed by atoms with Crippen LogP contribution in [0.4, 0.5) is 0 Å². The van der Waals surface area contributed by atoms with Gasteiger partial charge in [-0.25, -0.2) is 9.67 Å². The third-order valence-corrected chi connectivity index (χ3v) is 5.32. The van der Waals surface area contributed by atoms with Gasteiger partial charge in [0, 0.05) is 30.6 Å². The molecule has 3 aromatic rings. The molecule has 1 aliphatic heterocycles. The number of aromatic nitrogens is 3. The minimum Gasteiger partial charge on any atom is -0.481 e. The predicted molar refractivity (Wildman–Crippen MR) is 111 cm³/mol. The molecule has 1 atom stereocenters. The molecule has 0 unspecified atom stereocenters. The molecule has 0 saturated carbocycles. The second-order valence-electron chi connectivity index (χ2n) is 7.48. The van der Waals surface area contributed by atoms with Gasteiger partial charge in [0.25, 0.3) is 5.91 Å². The fraction of sp³-hybridized carbons (Fsp3) is 0.273. The van der Waals surface area contributed by atoms with Crippen LogP contribution in [0.25, 0.3) is 16.6 Å². The van der Waals surface area contributed by atoms with Crippen molar-refractivity contribution in [3.8, 4) is 23.4 Å². The highest BCUT2D eigenvalue weighted by Crippen LogP contribution is 2.30. The first kappa shape index (κ1) is 19.5. The lowest BCUT2D eigenvalue weighted by Gasteiger charge is -2.14. The molecule has 2 amide bonds. The van der Waals surface area contributed by atoms with Crippen molar-refractivity contribution in [3.05, 3.63) is 47.8 Å². The molecule has 0 spiro atoms. The number of amides is 2. The van der Waals surface area contributed by atoms with Crippen molar-refractivity contribution < 1.29 is 14.3 Å². The maximum absolute atomic E-state index is 12.4. The normalized spacial score (nSPS) is 18.4. The van der Waals surface area contributed by atoms with E-state index in [2.05, 4.69) is 21.9 Å². The lowest BCUT2D eigenvalue weighted by atomic mass is 9.89. The monoisotopic (exact) mass is 403 g/mol. The van der Waals surface area contributed by atoms with Crippen molar-refractivity contribution in [1.29, 1.82) is 0 Å². The Balaban J connectivity index is 1.77. The van der Waals surface area contributed by atoms with Gasteiger partial charge in [-0.05, 0) is 31.5 Å². The third-order valence-electron chi connectivity index (χ3n) is 5.32. The van der Waals surface area contributed by atoms with Crippen LogP contribution in [0.5, 0.6) is 5.88 Å². The quantitative estimate of drug-likeness (QED) is 0.671. The number of hydrogen-bond donors (Lipinski definition) is 1. The van der Waals surface area contributed by atoms with Crippen LogP contribution >= 0.6 is 0 Å². The number of fused-ring (bicyclic) bond motifs is 1. The minimum absolute atomic E-state index is 0.0374. The van der Waals surface area contributed by atoms with E-state index in [0.29, 0.717) is 35.4 Å². The van der Waals surface area contributed by atoms with Gasteiger partial charge in [-0.3, -0.25) is 9.59 Å². The number of carbonyl (C=O) groups excluding carboxylic acids is 2. The molecule has 1 aliphatic rings. The van der Waals surface area contributed by atoms with E-state index in [1.54, 1.807) is 28.9 Å². The summed E-state index contributed by atoms with van der Waals surface area (Å²) in [5.41, 5.74) is 7.03. The summed E-state index contributed by atoms with van der Waals surface area (Å²) < 4.78 is 6.75. The van der Waals surface area contributed by atoms with Crippen LogP contribution in [0, 0.1) is 17.3 Å². The van der Waals surface area contributed by atoms with E-state index in [0.717, 1.165) is 5.56 Å². The number of likely N-dealkylation sites (tertiary alicyclic amines) is 1. The lowest BCUT2D eigenvalue weighted by molar-refractivity contribution is -0.131. The standard InChI is InChI=1S/C22H21N5O3/c1-22(9-10-26(2)21(22)29)8-7-14-5-4-6-15(11-14)27-17-13-24-18(30-3)12-16(17)19(25-27)20(23)28/h4-6,11-13H,9-10H2,1-3H3,(H2,23,28)/t22-/m1/s1. The molecule has 1 aromatic carbocycles. The Morgan fingerprint density at radius 3 is 2.80 bits per heavy atom. The molecule has 8 heteroatoms. The molecule has 1 saturated heterocycles. The first-order valence-corrected chi connectivity index (χ1v) is 9.44. The molecule has 2 N–H and O–H groups in total. The zero-order valence-electron chi connectivity index (χ0n) is 17.0. The van der Waals surface area contributed by atoms with Gasteiger partial charge in [-0.1, -0.05) is 17.9 Å². The van der Waals surface area contributed by atoms with Crippen molar-refractivity contribution in [3.63, 3.8) is 0 Å². The maximum Gasteiger partial charge on any atom is 0.269 e. The fourth-order valence-corrected chi connectivity index (χ4v) is 3.55. The molecule has 152 valence electrons. The summed E-state index contributed by atoms with van der Waals surface area (Å²) in [7, 11) is 3.29. The van der Waals surface area contributed by atoms with Gasteiger partial charge < -0.3 is 15.4 Å². The Morgan fingerprint density at radius 2 is 2.13 bits per heavy atom. The van der Waals surface area contributed by atoms with Crippen LogP contribution in [0.3, 0.4) is 0 Å². The van der Waals surface area contributed by atoms with Crippen LogP contribution < -0.4 is 10.5 Å². The zero-order valence-corrected chi connectivity index (χ0v) is 17.0. The van der Waals surface area contributed by atoms with Crippen LogP contribution in [-0.2, 0) is 4.79 Å². The summed E-state index contributed by atoms with van der Waals surface area (Å²) >= 11 is 0. The molecule has 1 fully saturated rings. The Hall–Kier alpha value is -3.86. The number of primary amides is 1. The smallest absolute Gasteiger partial charge is 0.269 e. The molecule has 0 bridgehead atoms. The molecule has 4 rings (SSSR count). The molecule has 3 heterocycles. The third kappa shape index (κ3) is 3.24. The van der Waals surface area contributed by atoms with Crippen molar-refractivity contribution in [1.82, 2.24) is 19.7 Å². The number of carbonyl (C=O) groups is 2. The van der Waals surface area contributed by atoms with E-state index >= 15 is 0 Å². The summed E-state index contributed by atoms with van der Waals surface area (Å²) in [5.74, 6) is 6.02. The van der Waals surface area contributed by atoms with Gasteiger partial charge >= 0.3 is 0 Å².